The second-order valence-electron chi connectivity index (χ2n) is 7.65. The smallest absolute Gasteiger partial charge is 0.240 e. The summed E-state index contributed by atoms with van der Waals surface area (Å²) in [7, 11) is 0. The van der Waals surface area contributed by atoms with Crippen molar-refractivity contribution in [3.63, 3.8) is 0 Å². The summed E-state index contributed by atoms with van der Waals surface area (Å²) in [4.78, 5) is 24.6. The number of thioether (sulfide) groups is 1. The van der Waals surface area contributed by atoms with Crippen LogP contribution in [0.15, 0.2) is 28.4 Å². The van der Waals surface area contributed by atoms with Crippen molar-refractivity contribution in [2.45, 2.75) is 64.5 Å². The van der Waals surface area contributed by atoms with Crippen LogP contribution in [0.1, 0.15) is 56.6 Å². The number of anilines is 1. The third kappa shape index (κ3) is 5.44. The van der Waals surface area contributed by atoms with Gasteiger partial charge in [0.2, 0.25) is 11.8 Å². The van der Waals surface area contributed by atoms with E-state index in [9.17, 15) is 9.59 Å². The van der Waals surface area contributed by atoms with Gasteiger partial charge in [0.05, 0.1) is 0 Å². The zero-order valence-corrected chi connectivity index (χ0v) is 17.6. The number of benzene rings is 1. The quantitative estimate of drug-likeness (QED) is 0.575. The highest BCUT2D eigenvalue weighted by molar-refractivity contribution is 8.15. The molecule has 0 spiro atoms. The topological polar surface area (TPSA) is 82.9 Å². The van der Waals surface area contributed by atoms with Gasteiger partial charge in [0.1, 0.15) is 5.25 Å². The number of carbonyl (C=O) groups excluding carboxylic acids is 2. The van der Waals surface area contributed by atoms with Crippen LogP contribution in [-0.2, 0) is 9.59 Å². The summed E-state index contributed by atoms with van der Waals surface area (Å²) in [5, 5.41) is 14.2. The third-order valence-corrected chi connectivity index (χ3v) is 6.38. The summed E-state index contributed by atoms with van der Waals surface area (Å²) >= 11 is 1.28. The average molecular weight is 401 g/mol. The van der Waals surface area contributed by atoms with Gasteiger partial charge in [-0.15, -0.1) is 5.10 Å². The number of nitrogens with one attached hydrogen (secondary N) is 2. The lowest BCUT2D eigenvalue weighted by Crippen LogP contribution is -2.28. The standard InChI is InChI=1S/C21H28N4O2S/c1-13-9-10-14(2)17(11-13)22-19(26)12-18-20(27)23-21(28-18)25-24-15(3)16-7-5-4-6-8-16/h9-11,16,18H,4-8,12H2,1-3H3,(H,22,26)(H,23,25,27)/t18-/m0/s1. The molecule has 1 aliphatic carbocycles. The molecule has 2 amide bonds. The maximum atomic E-state index is 12.4. The molecule has 2 fully saturated rings. The Morgan fingerprint density at radius 2 is 2.00 bits per heavy atom. The summed E-state index contributed by atoms with van der Waals surface area (Å²) in [6.45, 7) is 5.94. The molecular formula is C21H28N4O2S. The van der Waals surface area contributed by atoms with Crippen LogP contribution in [0.2, 0.25) is 0 Å². The van der Waals surface area contributed by atoms with E-state index in [0.29, 0.717) is 11.1 Å². The zero-order chi connectivity index (χ0) is 20.1. The van der Waals surface area contributed by atoms with Gasteiger partial charge in [0, 0.05) is 17.8 Å². The van der Waals surface area contributed by atoms with Crippen LogP contribution < -0.4 is 10.6 Å². The van der Waals surface area contributed by atoms with Crippen molar-refractivity contribution in [1.82, 2.24) is 5.32 Å². The van der Waals surface area contributed by atoms with Crippen molar-refractivity contribution in [2.75, 3.05) is 5.32 Å². The predicted octanol–water partition coefficient (Wildman–Crippen LogP) is 4.18. The van der Waals surface area contributed by atoms with Gasteiger partial charge in [-0.1, -0.05) is 43.2 Å². The molecule has 6 nitrogen and oxygen atoms in total. The Kier molecular flexibility index (Phi) is 6.88. The van der Waals surface area contributed by atoms with Crippen molar-refractivity contribution in [1.29, 1.82) is 0 Å². The van der Waals surface area contributed by atoms with Gasteiger partial charge in [-0.25, -0.2) is 0 Å². The summed E-state index contributed by atoms with van der Waals surface area (Å²) in [6, 6.07) is 5.91. The van der Waals surface area contributed by atoms with E-state index < -0.39 is 5.25 Å². The van der Waals surface area contributed by atoms with E-state index in [1.54, 1.807) is 0 Å². The fraction of sp³-hybridized carbons (Fsp3) is 0.524. The lowest BCUT2D eigenvalue weighted by Gasteiger charge is -2.20. The highest BCUT2D eigenvalue weighted by Crippen LogP contribution is 2.26. The van der Waals surface area contributed by atoms with Gasteiger partial charge in [0.15, 0.2) is 5.17 Å². The number of amides is 2. The Labute approximate surface area is 170 Å². The minimum atomic E-state index is -0.478. The first kappa shape index (κ1) is 20.6. The molecule has 2 N–H and O–H groups in total. The van der Waals surface area contributed by atoms with E-state index in [1.807, 2.05) is 39.0 Å². The van der Waals surface area contributed by atoms with Gasteiger partial charge >= 0.3 is 0 Å². The Balaban J connectivity index is 1.56. The average Bonchev–Trinajstić information content (AvgIpc) is 3.02. The van der Waals surface area contributed by atoms with Crippen LogP contribution in [0, 0.1) is 19.8 Å². The maximum Gasteiger partial charge on any atom is 0.240 e. The summed E-state index contributed by atoms with van der Waals surface area (Å²) in [5.74, 6) is 0.134. The fourth-order valence-electron chi connectivity index (χ4n) is 3.55. The monoisotopic (exact) mass is 400 g/mol. The van der Waals surface area contributed by atoms with Crippen LogP contribution in [0.3, 0.4) is 0 Å². The van der Waals surface area contributed by atoms with Crippen LogP contribution in [0.4, 0.5) is 5.69 Å². The molecule has 0 aromatic heterocycles. The third-order valence-electron chi connectivity index (χ3n) is 5.31. The molecule has 0 bridgehead atoms. The molecule has 1 saturated carbocycles. The minimum absolute atomic E-state index is 0.105. The largest absolute Gasteiger partial charge is 0.326 e. The molecule has 7 heteroatoms. The fourth-order valence-corrected chi connectivity index (χ4v) is 4.47. The van der Waals surface area contributed by atoms with E-state index in [1.165, 1.54) is 43.9 Å². The molecule has 1 aromatic carbocycles. The Hall–Kier alpha value is -2.15. The number of hydrogen-bond acceptors (Lipinski definition) is 5. The maximum absolute atomic E-state index is 12.4. The summed E-state index contributed by atoms with van der Waals surface area (Å²) in [5.41, 5.74) is 3.89. The highest BCUT2D eigenvalue weighted by atomic mass is 32.2. The second kappa shape index (κ2) is 9.37. The predicted molar refractivity (Wildman–Crippen MR) is 116 cm³/mol. The second-order valence-corrected chi connectivity index (χ2v) is 8.84. The normalized spacial score (nSPS) is 22.4. The van der Waals surface area contributed by atoms with Gasteiger partial charge in [-0.05, 0) is 56.7 Å². The Bertz CT molecular complexity index is 813. The van der Waals surface area contributed by atoms with Crippen LogP contribution in [-0.4, -0.2) is 27.9 Å². The number of aryl methyl sites for hydroxylation is 2. The summed E-state index contributed by atoms with van der Waals surface area (Å²) < 4.78 is 0. The van der Waals surface area contributed by atoms with Gasteiger partial charge in [-0.3, -0.25) is 9.59 Å². The number of carbonyl (C=O) groups is 2. The molecular weight excluding hydrogens is 372 g/mol. The van der Waals surface area contributed by atoms with E-state index >= 15 is 0 Å². The molecule has 1 atom stereocenters. The minimum Gasteiger partial charge on any atom is -0.326 e. The van der Waals surface area contributed by atoms with E-state index in [2.05, 4.69) is 20.8 Å². The molecule has 2 aliphatic rings. The molecule has 1 aliphatic heterocycles. The molecule has 0 radical (unpaired) electrons. The Morgan fingerprint density at radius 1 is 1.25 bits per heavy atom. The molecule has 1 heterocycles. The van der Waals surface area contributed by atoms with Crippen molar-refractivity contribution in [3.8, 4) is 0 Å². The number of rotatable bonds is 5. The Morgan fingerprint density at radius 3 is 2.75 bits per heavy atom. The van der Waals surface area contributed by atoms with Crippen molar-refractivity contribution >= 4 is 40.1 Å². The first-order chi connectivity index (χ1) is 13.4. The number of amidine groups is 1. The first-order valence-electron chi connectivity index (χ1n) is 9.89. The zero-order valence-electron chi connectivity index (χ0n) is 16.7. The van der Waals surface area contributed by atoms with E-state index in [-0.39, 0.29) is 18.2 Å². The van der Waals surface area contributed by atoms with Gasteiger partial charge in [0.25, 0.3) is 0 Å². The molecule has 0 unspecified atom stereocenters. The lowest BCUT2D eigenvalue weighted by atomic mass is 9.86. The van der Waals surface area contributed by atoms with E-state index in [4.69, 9.17) is 0 Å². The van der Waals surface area contributed by atoms with Crippen molar-refractivity contribution in [2.24, 2.45) is 16.1 Å². The van der Waals surface area contributed by atoms with Crippen LogP contribution in [0.25, 0.3) is 0 Å². The van der Waals surface area contributed by atoms with Gasteiger partial charge in [-0.2, -0.15) is 5.10 Å². The van der Waals surface area contributed by atoms with E-state index in [0.717, 1.165) is 22.5 Å². The molecule has 3 rings (SSSR count). The first-order valence-corrected chi connectivity index (χ1v) is 10.8. The lowest BCUT2D eigenvalue weighted by molar-refractivity contribution is -0.122. The van der Waals surface area contributed by atoms with Crippen LogP contribution in [0.5, 0.6) is 0 Å². The molecule has 1 saturated heterocycles. The molecule has 28 heavy (non-hydrogen) atoms. The SMILES string of the molecule is CC(=NN=C1NC(=O)[C@H](CC(=O)Nc2cc(C)ccc2C)S1)C1CCCCC1. The number of nitrogens with zero attached hydrogens (tertiary/aromatic N) is 2. The van der Waals surface area contributed by atoms with Crippen molar-refractivity contribution in [3.05, 3.63) is 29.3 Å². The molecule has 150 valence electrons. The summed E-state index contributed by atoms with van der Waals surface area (Å²) in [6.07, 6.45) is 6.24. The number of hydrogen-bond donors (Lipinski definition) is 2. The van der Waals surface area contributed by atoms with Crippen LogP contribution >= 0.6 is 11.8 Å². The van der Waals surface area contributed by atoms with Crippen molar-refractivity contribution < 1.29 is 9.59 Å². The van der Waals surface area contributed by atoms with Gasteiger partial charge < -0.3 is 10.6 Å². The molecule has 1 aromatic rings. The highest BCUT2D eigenvalue weighted by Gasteiger charge is 2.32.